The smallest absolute Gasteiger partial charge is 0.274 e. The average molecular weight is 251 g/mol. The molecule has 1 atom stereocenters. The van der Waals surface area contributed by atoms with Crippen molar-refractivity contribution in [2.45, 2.75) is 6.04 Å². The van der Waals surface area contributed by atoms with Gasteiger partial charge in [-0.3, -0.25) is 19.2 Å². The Labute approximate surface area is 105 Å². The number of nitrogens with two attached hydrogens (primary N) is 1. The molecule has 0 spiro atoms. The number of amides is 2. The largest absolute Gasteiger partial charge is 0.368 e. The van der Waals surface area contributed by atoms with Gasteiger partial charge in [-0.2, -0.15) is 5.10 Å². The van der Waals surface area contributed by atoms with Crippen molar-refractivity contribution in [1.29, 1.82) is 0 Å². The van der Waals surface area contributed by atoms with Crippen LogP contribution >= 0.6 is 0 Å². The van der Waals surface area contributed by atoms with E-state index in [0.29, 0.717) is 25.3 Å². The third kappa shape index (κ3) is 2.35. The third-order valence-electron chi connectivity index (χ3n) is 3.20. The molecule has 1 aliphatic rings. The highest BCUT2D eigenvalue weighted by atomic mass is 16.2. The number of hydrogen-bond acceptors (Lipinski definition) is 4. The summed E-state index contributed by atoms with van der Waals surface area (Å²) in [5.41, 5.74) is 5.72. The molecule has 7 heteroatoms. The second-order valence-electron chi connectivity index (χ2n) is 4.52. The van der Waals surface area contributed by atoms with Crippen molar-refractivity contribution in [3.8, 4) is 0 Å². The summed E-state index contributed by atoms with van der Waals surface area (Å²) in [7, 11) is 3.59. The molecule has 2 heterocycles. The molecule has 1 fully saturated rings. The maximum absolute atomic E-state index is 12.2. The molecular formula is C11H17N5O2. The van der Waals surface area contributed by atoms with Crippen molar-refractivity contribution < 1.29 is 9.59 Å². The van der Waals surface area contributed by atoms with Crippen molar-refractivity contribution in [3.05, 3.63) is 18.0 Å². The number of nitrogens with zero attached hydrogens (tertiary/aromatic N) is 4. The zero-order chi connectivity index (χ0) is 13.3. The fraction of sp³-hybridized carbons (Fsp3) is 0.545. The number of aromatic nitrogens is 2. The summed E-state index contributed by atoms with van der Waals surface area (Å²) in [4.78, 5) is 27.0. The number of piperazine rings is 1. The molecule has 18 heavy (non-hydrogen) atoms. The van der Waals surface area contributed by atoms with E-state index in [0.717, 1.165) is 0 Å². The van der Waals surface area contributed by atoms with E-state index in [9.17, 15) is 9.59 Å². The second-order valence-corrected chi connectivity index (χ2v) is 4.52. The average Bonchev–Trinajstić information content (AvgIpc) is 2.75. The van der Waals surface area contributed by atoms with Crippen LogP contribution in [0.3, 0.4) is 0 Å². The monoisotopic (exact) mass is 251 g/mol. The topological polar surface area (TPSA) is 84.5 Å². The summed E-state index contributed by atoms with van der Waals surface area (Å²) in [6.07, 6.45) is 1.72. The highest BCUT2D eigenvalue weighted by Gasteiger charge is 2.31. The molecule has 0 radical (unpaired) electrons. The number of primary amides is 1. The van der Waals surface area contributed by atoms with Crippen LogP contribution in [0.15, 0.2) is 12.3 Å². The lowest BCUT2D eigenvalue weighted by molar-refractivity contribution is -0.124. The van der Waals surface area contributed by atoms with Crippen LogP contribution in [-0.2, 0) is 11.8 Å². The molecular weight excluding hydrogens is 234 g/mol. The Bertz CT molecular complexity index is 470. The zero-order valence-electron chi connectivity index (χ0n) is 10.5. The van der Waals surface area contributed by atoms with E-state index in [1.807, 2.05) is 11.9 Å². The van der Waals surface area contributed by atoms with Crippen molar-refractivity contribution in [1.82, 2.24) is 19.6 Å². The Morgan fingerprint density at radius 2 is 2.11 bits per heavy atom. The van der Waals surface area contributed by atoms with E-state index in [1.165, 1.54) is 0 Å². The molecule has 2 rings (SSSR count). The predicted molar refractivity (Wildman–Crippen MR) is 64.7 cm³/mol. The molecule has 1 aromatic rings. The first-order valence-electron chi connectivity index (χ1n) is 5.77. The first kappa shape index (κ1) is 12.6. The Morgan fingerprint density at radius 1 is 1.39 bits per heavy atom. The molecule has 1 aromatic heterocycles. The summed E-state index contributed by atoms with van der Waals surface area (Å²) in [5, 5.41) is 4.07. The molecule has 1 unspecified atom stereocenters. The molecule has 7 nitrogen and oxygen atoms in total. The van der Waals surface area contributed by atoms with Crippen LogP contribution in [0, 0.1) is 0 Å². The van der Waals surface area contributed by atoms with Crippen molar-refractivity contribution >= 4 is 11.8 Å². The fourth-order valence-electron chi connectivity index (χ4n) is 2.06. The van der Waals surface area contributed by atoms with Crippen LogP contribution in [0.4, 0.5) is 0 Å². The quantitative estimate of drug-likeness (QED) is 0.705. The van der Waals surface area contributed by atoms with Gasteiger partial charge >= 0.3 is 0 Å². The molecule has 0 bridgehead atoms. The van der Waals surface area contributed by atoms with Gasteiger partial charge in [-0.05, 0) is 13.1 Å². The first-order chi connectivity index (χ1) is 8.49. The summed E-state index contributed by atoms with van der Waals surface area (Å²) in [6.45, 7) is 1.53. The van der Waals surface area contributed by atoms with Crippen LogP contribution in [0.1, 0.15) is 10.5 Å². The van der Waals surface area contributed by atoms with E-state index < -0.39 is 11.9 Å². The van der Waals surface area contributed by atoms with Crippen LogP contribution in [0.5, 0.6) is 0 Å². The Kier molecular flexibility index (Phi) is 3.33. The Balaban J connectivity index is 2.10. The summed E-state index contributed by atoms with van der Waals surface area (Å²) in [5.74, 6) is -0.564. The van der Waals surface area contributed by atoms with Gasteiger partial charge < -0.3 is 10.6 Å². The Morgan fingerprint density at radius 3 is 2.67 bits per heavy atom. The van der Waals surface area contributed by atoms with Crippen molar-refractivity contribution in [3.63, 3.8) is 0 Å². The van der Waals surface area contributed by atoms with Crippen LogP contribution < -0.4 is 5.73 Å². The van der Waals surface area contributed by atoms with Crippen molar-refractivity contribution in [2.24, 2.45) is 12.8 Å². The third-order valence-corrected chi connectivity index (χ3v) is 3.20. The standard InChI is InChI=1S/C11H17N5O2/c1-14-5-6-16(7-9(14)10(12)17)11(18)8-3-4-15(2)13-8/h3-4,9H,5-7H2,1-2H3,(H2,12,17). The van der Waals surface area contributed by atoms with Gasteiger partial charge in [0.05, 0.1) is 0 Å². The molecule has 1 saturated heterocycles. The van der Waals surface area contributed by atoms with E-state index in [2.05, 4.69) is 5.10 Å². The van der Waals surface area contributed by atoms with Gasteiger partial charge in [0.15, 0.2) is 0 Å². The lowest BCUT2D eigenvalue weighted by Gasteiger charge is -2.37. The van der Waals surface area contributed by atoms with Gasteiger partial charge in [-0.15, -0.1) is 0 Å². The second kappa shape index (κ2) is 4.77. The Hall–Kier alpha value is -1.89. The van der Waals surface area contributed by atoms with Crippen molar-refractivity contribution in [2.75, 3.05) is 26.7 Å². The first-order valence-corrected chi connectivity index (χ1v) is 5.77. The number of rotatable bonds is 2. The van der Waals surface area contributed by atoms with Gasteiger partial charge in [0.1, 0.15) is 11.7 Å². The normalized spacial score (nSPS) is 21.0. The number of carbonyl (C=O) groups excluding carboxylic acids is 2. The number of likely N-dealkylation sites (N-methyl/N-ethyl adjacent to an activating group) is 1. The van der Waals surface area contributed by atoms with Crippen LogP contribution in [0.2, 0.25) is 0 Å². The molecule has 0 saturated carbocycles. The lowest BCUT2D eigenvalue weighted by atomic mass is 10.1. The molecule has 98 valence electrons. The minimum Gasteiger partial charge on any atom is -0.368 e. The minimum absolute atomic E-state index is 0.157. The van der Waals surface area contributed by atoms with E-state index >= 15 is 0 Å². The van der Waals surface area contributed by atoms with Gasteiger partial charge in [-0.1, -0.05) is 0 Å². The maximum atomic E-state index is 12.2. The fourth-order valence-corrected chi connectivity index (χ4v) is 2.06. The zero-order valence-corrected chi connectivity index (χ0v) is 10.5. The maximum Gasteiger partial charge on any atom is 0.274 e. The highest BCUT2D eigenvalue weighted by Crippen LogP contribution is 2.10. The number of hydrogen-bond donors (Lipinski definition) is 1. The number of aryl methyl sites for hydroxylation is 1. The van der Waals surface area contributed by atoms with Crippen LogP contribution in [0.25, 0.3) is 0 Å². The van der Waals surface area contributed by atoms with E-state index in [-0.39, 0.29) is 5.91 Å². The van der Waals surface area contributed by atoms with Gasteiger partial charge in [0.2, 0.25) is 5.91 Å². The molecule has 1 aliphatic heterocycles. The predicted octanol–water partition coefficient (Wildman–Crippen LogP) is -1.34. The SMILES string of the molecule is CN1CCN(C(=O)c2ccn(C)n2)CC1C(N)=O. The molecule has 0 aromatic carbocycles. The molecule has 2 N–H and O–H groups in total. The van der Waals surface area contributed by atoms with Gasteiger partial charge in [0.25, 0.3) is 5.91 Å². The summed E-state index contributed by atoms with van der Waals surface area (Å²) >= 11 is 0. The molecule has 0 aliphatic carbocycles. The van der Waals surface area contributed by atoms with Gasteiger partial charge in [-0.25, -0.2) is 0 Å². The summed E-state index contributed by atoms with van der Waals surface area (Å²) in [6, 6.07) is 1.24. The van der Waals surface area contributed by atoms with E-state index in [1.54, 1.807) is 28.9 Å². The van der Waals surface area contributed by atoms with Gasteiger partial charge in [0, 0.05) is 32.9 Å². The molecule has 2 amide bonds. The highest BCUT2D eigenvalue weighted by molar-refractivity contribution is 5.93. The van der Waals surface area contributed by atoms with E-state index in [4.69, 9.17) is 5.73 Å². The summed E-state index contributed by atoms with van der Waals surface area (Å²) < 4.78 is 1.58. The number of carbonyl (C=O) groups is 2. The lowest BCUT2D eigenvalue weighted by Crippen LogP contribution is -2.57. The van der Waals surface area contributed by atoms with Crippen LogP contribution in [-0.4, -0.2) is 64.1 Å². The minimum atomic E-state index is -0.425.